The Morgan fingerprint density at radius 3 is 1.40 bits per heavy atom. The fourth-order valence-electron chi connectivity index (χ4n) is 1.81. The Labute approximate surface area is 115 Å². The molecule has 0 aliphatic heterocycles. The molecule has 2 aromatic rings. The molecule has 20 heavy (non-hydrogen) atoms. The maximum absolute atomic E-state index is 10.1. The number of hydrogen-bond acceptors (Lipinski definition) is 5. The van der Waals surface area contributed by atoms with Crippen LogP contribution in [0.25, 0.3) is 0 Å². The molecule has 0 radical (unpaired) electrons. The molecule has 98 valence electrons. The standard InChI is InChI=1S/C15H11N3O2/c16-15(11-1-5-13(6-2-11)17-9-19)12-3-7-14(8-4-12)18-10-20/h1-8,15H,16H2. The molecular weight excluding hydrogens is 254 g/mol. The van der Waals surface area contributed by atoms with E-state index in [0.717, 1.165) is 11.1 Å². The van der Waals surface area contributed by atoms with Crippen molar-refractivity contribution in [3.63, 3.8) is 0 Å². The summed E-state index contributed by atoms with van der Waals surface area (Å²) in [5.74, 6) is 0. The Bertz CT molecular complexity index is 619. The molecule has 2 rings (SSSR count). The highest BCUT2D eigenvalue weighted by Crippen LogP contribution is 2.23. The topological polar surface area (TPSA) is 84.9 Å². The molecule has 0 fully saturated rings. The molecule has 2 aromatic carbocycles. The van der Waals surface area contributed by atoms with Crippen LogP contribution >= 0.6 is 0 Å². The zero-order valence-corrected chi connectivity index (χ0v) is 10.5. The number of isocyanates is 2. The summed E-state index contributed by atoms with van der Waals surface area (Å²) in [5, 5.41) is 0. The molecule has 5 nitrogen and oxygen atoms in total. The van der Waals surface area contributed by atoms with Crippen molar-refractivity contribution in [3.8, 4) is 0 Å². The molecule has 0 heterocycles. The molecule has 0 aromatic heterocycles. The van der Waals surface area contributed by atoms with Crippen LogP contribution in [0.5, 0.6) is 0 Å². The van der Waals surface area contributed by atoms with Gasteiger partial charge in [0.15, 0.2) is 0 Å². The predicted molar refractivity (Wildman–Crippen MR) is 74.5 cm³/mol. The van der Waals surface area contributed by atoms with E-state index in [1.54, 1.807) is 48.5 Å². The molecule has 0 saturated heterocycles. The van der Waals surface area contributed by atoms with Crippen molar-refractivity contribution in [3.05, 3.63) is 59.7 Å². The third-order valence-corrected chi connectivity index (χ3v) is 2.85. The van der Waals surface area contributed by atoms with Crippen LogP contribution < -0.4 is 5.73 Å². The van der Waals surface area contributed by atoms with E-state index in [1.807, 2.05) is 0 Å². The van der Waals surface area contributed by atoms with Crippen LogP contribution in [0, 0.1) is 0 Å². The normalized spacial score (nSPS) is 11.1. The van der Waals surface area contributed by atoms with Gasteiger partial charge in [-0.05, 0) is 35.4 Å². The SMILES string of the molecule is NC(c1ccc(N=C=O)cc1)c1ccc(N=C=O)cc1. The Balaban J connectivity index is 2.23. The minimum absolute atomic E-state index is 0.307. The van der Waals surface area contributed by atoms with Gasteiger partial charge in [-0.2, -0.15) is 9.98 Å². The number of carbonyl (C=O) groups excluding carboxylic acids is 2. The van der Waals surface area contributed by atoms with Crippen LogP contribution in [0.4, 0.5) is 11.4 Å². The lowest BCUT2D eigenvalue weighted by molar-refractivity contribution is 0.564. The van der Waals surface area contributed by atoms with Gasteiger partial charge in [0.05, 0.1) is 17.4 Å². The third-order valence-electron chi connectivity index (χ3n) is 2.85. The fourth-order valence-corrected chi connectivity index (χ4v) is 1.81. The van der Waals surface area contributed by atoms with Gasteiger partial charge in [-0.25, -0.2) is 9.59 Å². The highest BCUT2D eigenvalue weighted by Gasteiger charge is 2.08. The number of nitrogens with two attached hydrogens (primary N) is 1. The minimum Gasteiger partial charge on any atom is -0.320 e. The lowest BCUT2D eigenvalue weighted by atomic mass is 9.99. The number of nitrogens with zero attached hydrogens (tertiary/aromatic N) is 2. The third kappa shape index (κ3) is 3.13. The van der Waals surface area contributed by atoms with Crippen LogP contribution in [-0.4, -0.2) is 12.2 Å². The van der Waals surface area contributed by atoms with Gasteiger partial charge < -0.3 is 5.73 Å². The first kappa shape index (κ1) is 13.6. The quantitative estimate of drug-likeness (QED) is 0.681. The van der Waals surface area contributed by atoms with Crippen molar-refractivity contribution in [2.24, 2.45) is 15.7 Å². The minimum atomic E-state index is -0.307. The van der Waals surface area contributed by atoms with Gasteiger partial charge in [0.2, 0.25) is 12.2 Å². The van der Waals surface area contributed by atoms with Gasteiger partial charge in [-0.15, -0.1) is 0 Å². The maximum atomic E-state index is 10.1. The van der Waals surface area contributed by atoms with Crippen molar-refractivity contribution in [2.45, 2.75) is 6.04 Å². The Morgan fingerprint density at radius 1 is 0.750 bits per heavy atom. The second-order valence-electron chi connectivity index (χ2n) is 4.07. The van der Waals surface area contributed by atoms with Gasteiger partial charge >= 0.3 is 0 Å². The van der Waals surface area contributed by atoms with Gasteiger partial charge in [0.25, 0.3) is 0 Å². The monoisotopic (exact) mass is 265 g/mol. The highest BCUT2D eigenvalue weighted by molar-refractivity contribution is 5.51. The van der Waals surface area contributed by atoms with E-state index in [9.17, 15) is 9.59 Å². The number of hydrogen-bond donors (Lipinski definition) is 1. The van der Waals surface area contributed by atoms with E-state index in [2.05, 4.69) is 9.98 Å². The van der Waals surface area contributed by atoms with E-state index in [4.69, 9.17) is 5.73 Å². The molecular formula is C15H11N3O2. The number of benzene rings is 2. The smallest absolute Gasteiger partial charge is 0.240 e. The summed E-state index contributed by atoms with van der Waals surface area (Å²) >= 11 is 0. The summed E-state index contributed by atoms with van der Waals surface area (Å²) < 4.78 is 0. The second kappa shape index (κ2) is 6.36. The van der Waals surface area contributed by atoms with Crippen molar-refractivity contribution >= 4 is 23.5 Å². The largest absolute Gasteiger partial charge is 0.320 e. The van der Waals surface area contributed by atoms with Gasteiger partial charge in [0.1, 0.15) is 0 Å². The lowest BCUT2D eigenvalue weighted by Gasteiger charge is -2.12. The van der Waals surface area contributed by atoms with E-state index >= 15 is 0 Å². The Morgan fingerprint density at radius 2 is 1.10 bits per heavy atom. The van der Waals surface area contributed by atoms with Gasteiger partial charge in [0, 0.05) is 0 Å². The van der Waals surface area contributed by atoms with E-state index < -0.39 is 0 Å². The van der Waals surface area contributed by atoms with Crippen LogP contribution in [0.1, 0.15) is 17.2 Å². The average molecular weight is 265 g/mol. The zero-order chi connectivity index (χ0) is 14.4. The summed E-state index contributed by atoms with van der Waals surface area (Å²) in [5.41, 5.74) is 9.00. The molecule has 0 amide bonds. The predicted octanol–water partition coefficient (Wildman–Crippen LogP) is 2.67. The molecule has 0 spiro atoms. The maximum Gasteiger partial charge on any atom is 0.240 e. The summed E-state index contributed by atoms with van der Waals surface area (Å²) in [6.07, 6.45) is 2.97. The average Bonchev–Trinajstić information content (AvgIpc) is 2.49. The zero-order valence-electron chi connectivity index (χ0n) is 10.5. The second-order valence-corrected chi connectivity index (χ2v) is 4.07. The molecule has 0 bridgehead atoms. The van der Waals surface area contributed by atoms with Crippen LogP contribution in [0.15, 0.2) is 58.5 Å². The summed E-state index contributed by atoms with van der Waals surface area (Å²) in [6, 6.07) is 13.7. The van der Waals surface area contributed by atoms with Crippen molar-refractivity contribution in [1.29, 1.82) is 0 Å². The first-order chi connectivity index (χ1) is 9.74. The molecule has 2 N–H and O–H groups in total. The molecule has 0 saturated carbocycles. The molecule has 5 heteroatoms. The lowest BCUT2D eigenvalue weighted by Crippen LogP contribution is -2.11. The first-order valence-electron chi connectivity index (χ1n) is 5.86. The molecule has 0 aliphatic rings. The van der Waals surface area contributed by atoms with Crippen LogP contribution in [-0.2, 0) is 9.59 Å². The van der Waals surface area contributed by atoms with Crippen LogP contribution in [0.2, 0.25) is 0 Å². The van der Waals surface area contributed by atoms with Crippen molar-refractivity contribution in [2.75, 3.05) is 0 Å². The fraction of sp³-hybridized carbons (Fsp3) is 0.0667. The summed E-state index contributed by atoms with van der Waals surface area (Å²) in [7, 11) is 0. The van der Waals surface area contributed by atoms with Crippen molar-refractivity contribution in [1.82, 2.24) is 0 Å². The van der Waals surface area contributed by atoms with E-state index in [0.29, 0.717) is 11.4 Å². The number of rotatable bonds is 4. The highest BCUT2D eigenvalue weighted by atomic mass is 16.1. The molecule has 0 atom stereocenters. The first-order valence-corrected chi connectivity index (χ1v) is 5.86. The van der Waals surface area contributed by atoms with E-state index in [1.165, 1.54) is 12.2 Å². The summed E-state index contributed by atoms with van der Waals surface area (Å²) in [6.45, 7) is 0. The van der Waals surface area contributed by atoms with Gasteiger partial charge in [-0.1, -0.05) is 24.3 Å². The van der Waals surface area contributed by atoms with Crippen molar-refractivity contribution < 1.29 is 9.59 Å². The summed E-state index contributed by atoms with van der Waals surface area (Å²) in [4.78, 5) is 27.3. The molecule has 0 aliphatic carbocycles. The number of aliphatic imine (C=N–C) groups is 2. The Hall–Kier alpha value is -2.84. The van der Waals surface area contributed by atoms with E-state index in [-0.39, 0.29) is 6.04 Å². The van der Waals surface area contributed by atoms with Crippen LogP contribution in [0.3, 0.4) is 0 Å². The van der Waals surface area contributed by atoms with Gasteiger partial charge in [-0.3, -0.25) is 0 Å². The Kier molecular flexibility index (Phi) is 4.32. The molecule has 0 unspecified atom stereocenters.